The van der Waals surface area contributed by atoms with Crippen molar-refractivity contribution in [3.05, 3.63) is 0 Å². The Kier molecular flexibility index (Phi) is 24.7. The normalized spacial score (nSPS) is 12.5. The summed E-state index contributed by atoms with van der Waals surface area (Å²) in [5, 5.41) is 2.71. The fraction of sp³-hybridized carbons (Fsp3) is 0.897. The maximum absolute atomic E-state index is 11.7. The Bertz CT molecular complexity index is 577. The average molecular weight is 531 g/mol. The Balaban J connectivity index is 0. The molecular formula is C29H58N2O6. The van der Waals surface area contributed by atoms with E-state index in [2.05, 4.69) is 26.1 Å². The molecule has 0 aliphatic rings. The number of hydrogen-bond donors (Lipinski definition) is 2. The van der Waals surface area contributed by atoms with E-state index in [0.29, 0.717) is 25.9 Å². The third kappa shape index (κ3) is 27.0. The summed E-state index contributed by atoms with van der Waals surface area (Å²) in [7, 11) is 0. The van der Waals surface area contributed by atoms with E-state index in [0.717, 1.165) is 77.0 Å². The first-order valence-electron chi connectivity index (χ1n) is 14.6. The van der Waals surface area contributed by atoms with E-state index in [4.69, 9.17) is 19.9 Å². The molecule has 0 saturated carbocycles. The van der Waals surface area contributed by atoms with Crippen LogP contribution in [0.1, 0.15) is 138 Å². The molecule has 220 valence electrons. The first-order valence-corrected chi connectivity index (χ1v) is 14.6. The fourth-order valence-electron chi connectivity index (χ4n) is 3.49. The van der Waals surface area contributed by atoms with Gasteiger partial charge in [-0.2, -0.15) is 0 Å². The molecule has 0 rings (SSSR count). The van der Waals surface area contributed by atoms with Gasteiger partial charge in [0.15, 0.2) is 0 Å². The number of nitrogens with one attached hydrogen (secondary N) is 1. The molecule has 1 amide bonds. The van der Waals surface area contributed by atoms with E-state index in [1.165, 1.54) is 0 Å². The van der Waals surface area contributed by atoms with Gasteiger partial charge in [0.1, 0.15) is 17.8 Å². The number of unbranched alkanes of at least 4 members (excludes halogenated alkanes) is 4. The molecule has 0 aliphatic heterocycles. The van der Waals surface area contributed by atoms with Crippen molar-refractivity contribution >= 4 is 18.0 Å². The Hall–Kier alpha value is -1.83. The van der Waals surface area contributed by atoms with Crippen LogP contribution in [0.2, 0.25) is 0 Å². The maximum Gasteiger partial charge on any atom is 0.407 e. The number of carbonyl (C=O) groups is 3. The zero-order valence-electron chi connectivity index (χ0n) is 25.0. The highest BCUT2D eigenvalue weighted by atomic mass is 16.6. The number of esters is 2. The van der Waals surface area contributed by atoms with Crippen molar-refractivity contribution in [2.75, 3.05) is 13.1 Å². The Morgan fingerprint density at radius 1 is 0.730 bits per heavy atom. The van der Waals surface area contributed by atoms with Crippen LogP contribution in [0.3, 0.4) is 0 Å². The minimum Gasteiger partial charge on any atom is -0.462 e. The van der Waals surface area contributed by atoms with Crippen molar-refractivity contribution in [3.8, 4) is 0 Å². The minimum atomic E-state index is -0.470. The largest absolute Gasteiger partial charge is 0.462 e. The van der Waals surface area contributed by atoms with Gasteiger partial charge >= 0.3 is 18.0 Å². The number of rotatable bonds is 19. The second-order valence-corrected chi connectivity index (χ2v) is 10.5. The van der Waals surface area contributed by atoms with Crippen LogP contribution in [0, 0.1) is 0 Å². The lowest BCUT2D eigenvalue weighted by atomic mass is 10.1. The molecule has 0 heterocycles. The van der Waals surface area contributed by atoms with Gasteiger partial charge in [0.2, 0.25) is 0 Å². The van der Waals surface area contributed by atoms with Crippen LogP contribution in [-0.2, 0) is 23.8 Å². The van der Waals surface area contributed by atoms with Crippen molar-refractivity contribution in [3.63, 3.8) is 0 Å². The summed E-state index contributed by atoms with van der Waals surface area (Å²) in [6.07, 6.45) is 12.0. The zero-order chi connectivity index (χ0) is 28.5. The average Bonchev–Trinajstić information content (AvgIpc) is 2.82. The molecule has 2 unspecified atom stereocenters. The molecule has 0 spiro atoms. The summed E-state index contributed by atoms with van der Waals surface area (Å²) in [4.78, 5) is 34.5. The molecule has 37 heavy (non-hydrogen) atoms. The van der Waals surface area contributed by atoms with Crippen LogP contribution in [0.15, 0.2) is 0 Å². The second kappa shape index (κ2) is 24.5. The maximum atomic E-state index is 11.7. The number of carbonyl (C=O) groups excluding carboxylic acids is 3. The monoisotopic (exact) mass is 530 g/mol. The van der Waals surface area contributed by atoms with Gasteiger partial charge in [-0.15, -0.1) is 0 Å². The van der Waals surface area contributed by atoms with Gasteiger partial charge in [0, 0.05) is 19.4 Å². The van der Waals surface area contributed by atoms with Gasteiger partial charge in [-0.05, 0) is 78.7 Å². The van der Waals surface area contributed by atoms with Gasteiger partial charge in [-0.3, -0.25) is 9.59 Å². The lowest BCUT2D eigenvalue weighted by Crippen LogP contribution is -2.33. The molecule has 3 N–H and O–H groups in total. The Morgan fingerprint density at radius 2 is 1.19 bits per heavy atom. The lowest BCUT2D eigenvalue weighted by molar-refractivity contribution is -0.150. The second-order valence-electron chi connectivity index (χ2n) is 10.5. The van der Waals surface area contributed by atoms with Crippen LogP contribution >= 0.6 is 0 Å². The molecule has 0 aromatic rings. The zero-order valence-corrected chi connectivity index (χ0v) is 25.0. The molecule has 0 aliphatic carbocycles. The van der Waals surface area contributed by atoms with Gasteiger partial charge in [-0.25, -0.2) is 4.79 Å². The predicted molar refractivity (Wildman–Crippen MR) is 150 cm³/mol. The van der Waals surface area contributed by atoms with E-state index in [1.807, 2.05) is 27.7 Å². The van der Waals surface area contributed by atoms with Crippen LogP contribution in [0.4, 0.5) is 4.79 Å². The summed E-state index contributed by atoms with van der Waals surface area (Å²) in [6.45, 7) is 15.1. The van der Waals surface area contributed by atoms with E-state index < -0.39 is 11.7 Å². The highest BCUT2D eigenvalue weighted by Gasteiger charge is 2.15. The minimum absolute atomic E-state index is 0.0488. The topological polar surface area (TPSA) is 117 Å². The molecule has 0 radical (unpaired) electrons. The molecule has 8 heteroatoms. The Labute approximate surface area is 227 Å². The first kappa shape index (κ1) is 37.3. The third-order valence-corrected chi connectivity index (χ3v) is 5.54. The van der Waals surface area contributed by atoms with Gasteiger partial charge < -0.3 is 25.3 Å². The first-order chi connectivity index (χ1) is 17.5. The summed E-state index contributed by atoms with van der Waals surface area (Å²) in [6, 6.07) is 0. The molecule has 0 aromatic carbocycles. The summed E-state index contributed by atoms with van der Waals surface area (Å²) < 4.78 is 15.9. The molecule has 0 aromatic heterocycles. The van der Waals surface area contributed by atoms with E-state index in [1.54, 1.807) is 0 Å². The van der Waals surface area contributed by atoms with Gasteiger partial charge in [0.25, 0.3) is 0 Å². The van der Waals surface area contributed by atoms with Gasteiger partial charge in [0.05, 0.1) is 0 Å². The smallest absolute Gasteiger partial charge is 0.407 e. The van der Waals surface area contributed by atoms with Crippen molar-refractivity contribution in [2.45, 2.75) is 156 Å². The van der Waals surface area contributed by atoms with E-state index in [-0.39, 0.29) is 24.1 Å². The van der Waals surface area contributed by atoms with E-state index >= 15 is 0 Å². The highest BCUT2D eigenvalue weighted by molar-refractivity contribution is 5.70. The summed E-state index contributed by atoms with van der Waals surface area (Å²) in [5.41, 5.74) is 4.90. The Morgan fingerprint density at radius 3 is 1.57 bits per heavy atom. The molecule has 0 saturated heterocycles. The molecule has 0 bridgehead atoms. The van der Waals surface area contributed by atoms with Crippen molar-refractivity contribution < 1.29 is 28.6 Å². The fourth-order valence-corrected chi connectivity index (χ4v) is 3.49. The van der Waals surface area contributed by atoms with Crippen LogP contribution < -0.4 is 11.1 Å². The molecule has 2 atom stereocenters. The number of alkyl carbamates (subject to hydrolysis) is 1. The van der Waals surface area contributed by atoms with Gasteiger partial charge in [-0.1, -0.05) is 53.4 Å². The molecular weight excluding hydrogens is 472 g/mol. The predicted octanol–water partition coefficient (Wildman–Crippen LogP) is 6.82. The standard InChI is InChI=1S/C17H33NO4.C12H25NO2/c1-6-11-14(7-2)21-15(19)12-9-8-10-13-18-16(20)22-17(3,4)5;1-3-8-11(4-2)15-12(14)9-6-5-7-10-13/h14H,6-13H2,1-5H3,(H,18,20);11H,3-10,13H2,1-2H3. The van der Waals surface area contributed by atoms with E-state index in [9.17, 15) is 14.4 Å². The third-order valence-electron chi connectivity index (χ3n) is 5.54. The number of amides is 1. The number of hydrogen-bond acceptors (Lipinski definition) is 7. The van der Waals surface area contributed by atoms with Crippen LogP contribution in [0.5, 0.6) is 0 Å². The van der Waals surface area contributed by atoms with Crippen LogP contribution in [-0.4, -0.2) is 48.9 Å². The highest BCUT2D eigenvalue weighted by Crippen LogP contribution is 2.11. The van der Waals surface area contributed by atoms with Crippen molar-refractivity contribution in [1.29, 1.82) is 0 Å². The molecule has 8 nitrogen and oxygen atoms in total. The van der Waals surface area contributed by atoms with Crippen molar-refractivity contribution in [1.82, 2.24) is 5.32 Å². The number of ether oxygens (including phenoxy) is 3. The molecule has 0 fully saturated rings. The van der Waals surface area contributed by atoms with Crippen molar-refractivity contribution in [2.24, 2.45) is 5.73 Å². The summed E-state index contributed by atoms with van der Waals surface area (Å²) >= 11 is 0. The number of nitrogens with two attached hydrogens (primary N) is 1. The summed E-state index contributed by atoms with van der Waals surface area (Å²) in [5.74, 6) is -0.160. The SMILES string of the molecule is CCCC(CC)OC(=O)CCCCCN.CCCC(CC)OC(=O)CCCCCNC(=O)OC(C)(C)C. The van der Waals surface area contributed by atoms with Crippen LogP contribution in [0.25, 0.3) is 0 Å². The quantitative estimate of drug-likeness (QED) is 0.107. The lowest BCUT2D eigenvalue weighted by Gasteiger charge is -2.19.